The highest BCUT2D eigenvalue weighted by Crippen LogP contribution is 2.43. The number of aliphatic hydroxyl groups excluding tert-OH is 2. The minimum Gasteiger partial charge on any atom is -0.394 e. The normalized spacial score (nSPS) is 18.2. The van der Waals surface area contributed by atoms with Crippen molar-refractivity contribution in [3.8, 4) is 0 Å². The van der Waals surface area contributed by atoms with Crippen LogP contribution in [0, 0.1) is 0 Å². The van der Waals surface area contributed by atoms with Gasteiger partial charge < -0.3 is 19.3 Å². The lowest BCUT2D eigenvalue weighted by atomic mass is 10.4. The number of hydrogen-bond donors (Lipinski definition) is 2. The molecule has 0 aromatic carbocycles. The van der Waals surface area contributed by atoms with Gasteiger partial charge in [-0.3, -0.25) is 4.57 Å². The van der Waals surface area contributed by atoms with Crippen LogP contribution in [-0.4, -0.2) is 42.8 Å². The Kier molecular flexibility index (Phi) is 6.55. The molecular weight excluding hydrogens is 195 g/mol. The highest BCUT2D eigenvalue weighted by atomic mass is 31.2. The third-order valence-electron chi connectivity index (χ3n) is 1.24. The Bertz CT molecular complexity index is 172. The molecule has 0 fully saturated rings. The van der Waals surface area contributed by atoms with Gasteiger partial charge in [0.1, 0.15) is 6.10 Å². The molecule has 0 heterocycles. The standard InChI is InChI=1S/C7H17O5P/c1-3-4-11-13(2,10)12-6-7(9)5-8/h7-9H,3-6H2,1-2H3/t7-,13?/m1/s1. The molecule has 0 aromatic heterocycles. The lowest BCUT2D eigenvalue weighted by Crippen LogP contribution is -2.18. The monoisotopic (exact) mass is 212 g/mol. The molecule has 6 heteroatoms. The zero-order valence-corrected chi connectivity index (χ0v) is 8.87. The van der Waals surface area contributed by atoms with E-state index < -0.39 is 20.3 Å². The molecule has 0 aliphatic heterocycles. The van der Waals surface area contributed by atoms with Crippen molar-refractivity contribution in [2.75, 3.05) is 26.5 Å². The number of hydrogen-bond acceptors (Lipinski definition) is 5. The van der Waals surface area contributed by atoms with Gasteiger partial charge in [0, 0.05) is 6.66 Å². The lowest BCUT2D eigenvalue weighted by Gasteiger charge is -2.15. The van der Waals surface area contributed by atoms with Gasteiger partial charge in [-0.2, -0.15) is 0 Å². The minimum atomic E-state index is -3.05. The van der Waals surface area contributed by atoms with Gasteiger partial charge in [0.2, 0.25) is 0 Å². The van der Waals surface area contributed by atoms with Crippen LogP contribution in [0.2, 0.25) is 0 Å². The Hall–Kier alpha value is 0.0700. The van der Waals surface area contributed by atoms with Crippen LogP contribution in [0.4, 0.5) is 0 Å². The molecular formula is C7H17O5P. The third-order valence-corrected chi connectivity index (χ3v) is 2.51. The zero-order chi connectivity index (χ0) is 10.3. The summed E-state index contributed by atoms with van der Waals surface area (Å²) in [5, 5.41) is 17.3. The van der Waals surface area contributed by atoms with Crippen molar-refractivity contribution in [1.82, 2.24) is 0 Å². The first-order chi connectivity index (χ1) is 6.02. The molecule has 0 bridgehead atoms. The van der Waals surface area contributed by atoms with E-state index in [1.54, 1.807) is 0 Å². The minimum absolute atomic E-state index is 0.173. The van der Waals surface area contributed by atoms with Gasteiger partial charge >= 0.3 is 7.60 Å². The summed E-state index contributed by atoms with van der Waals surface area (Å²) in [6.45, 7) is 3.01. The van der Waals surface area contributed by atoms with E-state index in [1.165, 1.54) is 6.66 Å². The molecule has 1 unspecified atom stereocenters. The van der Waals surface area contributed by atoms with Crippen molar-refractivity contribution in [3.05, 3.63) is 0 Å². The highest BCUT2D eigenvalue weighted by molar-refractivity contribution is 7.52. The Morgan fingerprint density at radius 1 is 1.46 bits per heavy atom. The fourth-order valence-electron chi connectivity index (χ4n) is 0.569. The number of aliphatic hydroxyl groups is 2. The second kappa shape index (κ2) is 6.51. The van der Waals surface area contributed by atoms with E-state index in [-0.39, 0.29) is 6.61 Å². The molecule has 0 aromatic rings. The molecule has 5 nitrogen and oxygen atoms in total. The quantitative estimate of drug-likeness (QED) is 0.604. The van der Waals surface area contributed by atoms with Gasteiger partial charge in [-0.05, 0) is 6.42 Å². The van der Waals surface area contributed by atoms with Crippen molar-refractivity contribution in [3.63, 3.8) is 0 Å². The van der Waals surface area contributed by atoms with Gasteiger partial charge in [0.25, 0.3) is 0 Å². The van der Waals surface area contributed by atoms with Crippen LogP contribution in [0.3, 0.4) is 0 Å². The summed E-state index contributed by atoms with van der Waals surface area (Å²) in [6.07, 6.45) is -0.248. The van der Waals surface area contributed by atoms with Gasteiger partial charge in [0.05, 0.1) is 19.8 Å². The summed E-state index contributed by atoms with van der Waals surface area (Å²) >= 11 is 0. The third kappa shape index (κ3) is 7.16. The average Bonchev–Trinajstić information content (AvgIpc) is 2.11. The maximum Gasteiger partial charge on any atom is 0.327 e. The summed E-state index contributed by atoms with van der Waals surface area (Å²) in [4.78, 5) is 0. The molecule has 13 heavy (non-hydrogen) atoms. The van der Waals surface area contributed by atoms with E-state index in [4.69, 9.17) is 19.3 Å². The molecule has 0 radical (unpaired) electrons. The summed E-state index contributed by atoms with van der Waals surface area (Å²) in [5.41, 5.74) is 0. The zero-order valence-electron chi connectivity index (χ0n) is 7.97. The predicted molar refractivity (Wildman–Crippen MR) is 48.8 cm³/mol. The number of rotatable bonds is 7. The van der Waals surface area contributed by atoms with Gasteiger partial charge in [-0.25, -0.2) is 0 Å². The predicted octanol–water partition coefficient (Wildman–Crippen LogP) is 0.606. The second-order valence-corrected chi connectivity index (χ2v) is 4.80. The smallest absolute Gasteiger partial charge is 0.327 e. The van der Waals surface area contributed by atoms with Crippen molar-refractivity contribution in [1.29, 1.82) is 0 Å². The van der Waals surface area contributed by atoms with E-state index in [9.17, 15) is 4.57 Å². The van der Waals surface area contributed by atoms with Crippen molar-refractivity contribution in [2.45, 2.75) is 19.4 Å². The molecule has 2 N–H and O–H groups in total. The van der Waals surface area contributed by atoms with E-state index in [0.717, 1.165) is 6.42 Å². The second-order valence-electron chi connectivity index (χ2n) is 2.74. The SMILES string of the molecule is CCCOP(C)(=O)OC[C@H](O)CO. The molecule has 0 aliphatic rings. The molecule has 0 saturated carbocycles. The lowest BCUT2D eigenvalue weighted by molar-refractivity contribution is 0.0470. The van der Waals surface area contributed by atoms with Crippen LogP contribution in [0.25, 0.3) is 0 Å². The van der Waals surface area contributed by atoms with Gasteiger partial charge in [-0.15, -0.1) is 0 Å². The Morgan fingerprint density at radius 2 is 2.08 bits per heavy atom. The molecule has 2 atom stereocenters. The fourth-order valence-corrected chi connectivity index (χ4v) is 1.60. The fraction of sp³-hybridized carbons (Fsp3) is 1.00. The molecule has 0 spiro atoms. The van der Waals surface area contributed by atoms with Crippen molar-refractivity contribution in [2.24, 2.45) is 0 Å². The van der Waals surface area contributed by atoms with E-state index in [1.807, 2.05) is 6.92 Å². The van der Waals surface area contributed by atoms with Crippen molar-refractivity contribution >= 4 is 7.60 Å². The van der Waals surface area contributed by atoms with Crippen LogP contribution >= 0.6 is 7.60 Å². The topological polar surface area (TPSA) is 76.0 Å². The van der Waals surface area contributed by atoms with Crippen LogP contribution in [0.15, 0.2) is 0 Å². The largest absolute Gasteiger partial charge is 0.394 e. The Balaban J connectivity index is 3.68. The van der Waals surface area contributed by atoms with Crippen LogP contribution in [-0.2, 0) is 13.6 Å². The Labute approximate surface area is 78.2 Å². The first-order valence-electron chi connectivity index (χ1n) is 4.17. The maximum atomic E-state index is 11.4. The molecule has 80 valence electrons. The molecule has 0 amide bonds. The molecule has 0 rings (SSSR count). The summed E-state index contributed by atoms with van der Waals surface area (Å²) in [7, 11) is -3.05. The van der Waals surface area contributed by atoms with Crippen molar-refractivity contribution < 1.29 is 23.8 Å². The van der Waals surface area contributed by atoms with E-state index in [0.29, 0.717) is 6.61 Å². The molecule has 0 aliphatic carbocycles. The maximum absolute atomic E-state index is 11.4. The van der Waals surface area contributed by atoms with Crippen LogP contribution in [0.5, 0.6) is 0 Å². The first kappa shape index (κ1) is 13.1. The van der Waals surface area contributed by atoms with Crippen LogP contribution in [0.1, 0.15) is 13.3 Å². The molecule has 0 saturated heterocycles. The van der Waals surface area contributed by atoms with Gasteiger partial charge in [0.15, 0.2) is 0 Å². The van der Waals surface area contributed by atoms with E-state index >= 15 is 0 Å². The van der Waals surface area contributed by atoms with Gasteiger partial charge in [-0.1, -0.05) is 6.92 Å². The van der Waals surface area contributed by atoms with E-state index in [2.05, 4.69) is 0 Å². The van der Waals surface area contributed by atoms with Crippen LogP contribution < -0.4 is 0 Å². The Morgan fingerprint density at radius 3 is 2.54 bits per heavy atom. The summed E-state index contributed by atoms with van der Waals surface area (Å²) in [6, 6.07) is 0. The first-order valence-corrected chi connectivity index (χ1v) is 6.16. The average molecular weight is 212 g/mol. The summed E-state index contributed by atoms with van der Waals surface area (Å²) < 4.78 is 21.1. The highest BCUT2D eigenvalue weighted by Gasteiger charge is 2.17. The summed E-state index contributed by atoms with van der Waals surface area (Å²) in [5.74, 6) is 0.